The number of carboxylic acid groups (broad SMARTS) is 1. The fraction of sp³-hybridized carbons (Fsp3) is 0.417. The van der Waals surface area contributed by atoms with Crippen LogP contribution in [0.4, 0.5) is 0 Å². The number of nitrogens with one attached hydrogen (secondary N) is 1. The van der Waals surface area contributed by atoms with E-state index >= 15 is 0 Å². The average molecular weight is 306 g/mol. The van der Waals surface area contributed by atoms with Crippen molar-refractivity contribution in [3.63, 3.8) is 0 Å². The molecule has 0 aromatic heterocycles. The zero-order valence-electron chi connectivity index (χ0n) is 10.3. The van der Waals surface area contributed by atoms with Gasteiger partial charge in [0.1, 0.15) is 0 Å². The van der Waals surface area contributed by atoms with E-state index in [0.29, 0.717) is 11.4 Å². The molecule has 1 aromatic rings. The molecule has 5 nitrogen and oxygen atoms in total. The summed E-state index contributed by atoms with van der Waals surface area (Å²) in [6, 6.07) is 7.20. The molecular weight excluding hydrogens is 290 g/mol. The summed E-state index contributed by atoms with van der Waals surface area (Å²) in [5, 5.41) is 9.05. The molecule has 0 heterocycles. The Morgan fingerprint density at radius 3 is 2.74 bits per heavy atom. The first-order valence-electron chi connectivity index (χ1n) is 5.82. The fourth-order valence-corrected chi connectivity index (χ4v) is 2.82. The lowest BCUT2D eigenvalue weighted by molar-refractivity contribution is -0.137. The van der Waals surface area contributed by atoms with Crippen molar-refractivity contribution < 1.29 is 18.3 Å². The molecule has 106 valence electrons. The van der Waals surface area contributed by atoms with Gasteiger partial charge in [0, 0.05) is 18.0 Å². The summed E-state index contributed by atoms with van der Waals surface area (Å²) in [7, 11) is -3.40. The number of carbonyl (C=O) groups is 1. The first kappa shape index (κ1) is 15.9. The van der Waals surface area contributed by atoms with Crippen molar-refractivity contribution in [1.29, 1.82) is 0 Å². The van der Waals surface area contributed by atoms with E-state index in [4.69, 9.17) is 16.7 Å². The Balaban J connectivity index is 2.33. The number of benzene rings is 1. The van der Waals surface area contributed by atoms with E-state index < -0.39 is 16.0 Å². The molecule has 1 rings (SSSR count). The molecule has 0 spiro atoms. The summed E-state index contributed by atoms with van der Waals surface area (Å²) in [5.41, 5.74) is 0.945. The quantitative estimate of drug-likeness (QED) is 0.765. The lowest BCUT2D eigenvalue weighted by Gasteiger charge is -2.06. The smallest absolute Gasteiger partial charge is 0.303 e. The van der Waals surface area contributed by atoms with E-state index in [2.05, 4.69) is 4.72 Å². The van der Waals surface area contributed by atoms with Crippen LogP contribution in [-0.4, -0.2) is 31.8 Å². The minimum absolute atomic E-state index is 0.113. The van der Waals surface area contributed by atoms with Crippen molar-refractivity contribution in [3.8, 4) is 0 Å². The Hall–Kier alpha value is -1.11. The molecule has 0 aliphatic rings. The topological polar surface area (TPSA) is 83.5 Å². The van der Waals surface area contributed by atoms with E-state index in [1.54, 1.807) is 18.2 Å². The molecule has 0 atom stereocenters. The van der Waals surface area contributed by atoms with Crippen LogP contribution in [0.25, 0.3) is 0 Å². The van der Waals surface area contributed by atoms with Gasteiger partial charge < -0.3 is 5.11 Å². The van der Waals surface area contributed by atoms with Crippen molar-refractivity contribution in [3.05, 3.63) is 34.9 Å². The van der Waals surface area contributed by atoms with Gasteiger partial charge in [-0.2, -0.15) is 0 Å². The molecule has 0 aliphatic heterocycles. The highest BCUT2D eigenvalue weighted by molar-refractivity contribution is 7.89. The van der Waals surface area contributed by atoms with Crippen LogP contribution in [0.3, 0.4) is 0 Å². The third-order valence-corrected chi connectivity index (χ3v) is 4.13. The second kappa shape index (κ2) is 7.47. The predicted octanol–water partition coefficient (Wildman–Crippen LogP) is 1.67. The molecule has 0 unspecified atom stereocenters. The summed E-state index contributed by atoms with van der Waals surface area (Å²) in [6.45, 7) is 0.274. The predicted molar refractivity (Wildman–Crippen MR) is 73.8 cm³/mol. The Labute approximate surface area is 117 Å². The number of aliphatic carboxylic acids is 1. The van der Waals surface area contributed by atoms with Gasteiger partial charge in [-0.25, -0.2) is 13.1 Å². The molecule has 0 saturated carbocycles. The van der Waals surface area contributed by atoms with Crippen LogP contribution in [0.2, 0.25) is 5.02 Å². The molecule has 0 aliphatic carbocycles. The maximum absolute atomic E-state index is 11.5. The molecule has 19 heavy (non-hydrogen) atoms. The van der Waals surface area contributed by atoms with Gasteiger partial charge in [0.05, 0.1) is 5.75 Å². The molecule has 0 bridgehead atoms. The van der Waals surface area contributed by atoms with Crippen molar-refractivity contribution in [2.45, 2.75) is 19.3 Å². The average Bonchev–Trinajstić information content (AvgIpc) is 2.27. The normalized spacial score (nSPS) is 11.4. The van der Waals surface area contributed by atoms with Gasteiger partial charge in [-0.1, -0.05) is 23.7 Å². The molecule has 2 N–H and O–H groups in total. The van der Waals surface area contributed by atoms with Crippen LogP contribution >= 0.6 is 11.6 Å². The van der Waals surface area contributed by atoms with Crippen molar-refractivity contribution >= 4 is 27.6 Å². The highest BCUT2D eigenvalue weighted by Gasteiger charge is 2.10. The maximum atomic E-state index is 11.5. The minimum Gasteiger partial charge on any atom is -0.481 e. The van der Waals surface area contributed by atoms with Crippen LogP contribution in [0, 0.1) is 0 Å². The fourth-order valence-electron chi connectivity index (χ4n) is 1.53. The van der Waals surface area contributed by atoms with Crippen LogP contribution < -0.4 is 4.72 Å². The number of rotatable bonds is 8. The third-order valence-electron chi connectivity index (χ3n) is 2.43. The number of hydrogen-bond acceptors (Lipinski definition) is 3. The second-order valence-electron chi connectivity index (χ2n) is 4.09. The molecule has 7 heteroatoms. The molecule has 0 radical (unpaired) electrons. The van der Waals surface area contributed by atoms with E-state index in [-0.39, 0.29) is 25.1 Å². The zero-order valence-corrected chi connectivity index (χ0v) is 11.9. The van der Waals surface area contributed by atoms with Gasteiger partial charge in [0.25, 0.3) is 0 Å². The van der Waals surface area contributed by atoms with Crippen LogP contribution in [0.1, 0.15) is 18.4 Å². The van der Waals surface area contributed by atoms with E-state index in [1.807, 2.05) is 6.07 Å². The Bertz CT molecular complexity index is 530. The van der Waals surface area contributed by atoms with Crippen LogP contribution in [-0.2, 0) is 21.2 Å². The Morgan fingerprint density at radius 2 is 2.11 bits per heavy atom. The number of hydrogen-bond donors (Lipinski definition) is 2. The van der Waals surface area contributed by atoms with Crippen LogP contribution in [0.5, 0.6) is 0 Å². The Morgan fingerprint density at radius 1 is 1.37 bits per heavy atom. The highest BCUT2D eigenvalue weighted by Crippen LogP contribution is 2.10. The molecule has 0 amide bonds. The second-order valence-corrected chi connectivity index (χ2v) is 6.45. The summed E-state index contributed by atoms with van der Waals surface area (Å²) in [5.74, 6) is -1.16. The Kier molecular flexibility index (Phi) is 6.27. The minimum atomic E-state index is -3.40. The zero-order chi connectivity index (χ0) is 14.3. The molecule has 0 saturated heterocycles. The lowest BCUT2D eigenvalue weighted by Crippen LogP contribution is -2.28. The van der Waals surface area contributed by atoms with E-state index in [0.717, 1.165) is 5.56 Å². The van der Waals surface area contributed by atoms with Gasteiger partial charge in [0.2, 0.25) is 10.0 Å². The molecular formula is C12H16ClNO4S. The first-order chi connectivity index (χ1) is 8.89. The molecule has 1 aromatic carbocycles. The van der Waals surface area contributed by atoms with Gasteiger partial charge >= 0.3 is 5.97 Å². The van der Waals surface area contributed by atoms with Gasteiger partial charge in [-0.15, -0.1) is 0 Å². The van der Waals surface area contributed by atoms with E-state index in [1.165, 1.54) is 0 Å². The summed E-state index contributed by atoms with van der Waals surface area (Å²) in [4.78, 5) is 10.3. The SMILES string of the molecule is O=C(O)CCCS(=O)(=O)NCCc1cccc(Cl)c1. The lowest BCUT2D eigenvalue weighted by atomic mass is 10.2. The number of carboxylic acids is 1. The van der Waals surface area contributed by atoms with Crippen molar-refractivity contribution in [2.24, 2.45) is 0 Å². The largest absolute Gasteiger partial charge is 0.481 e. The molecule has 0 fully saturated rings. The first-order valence-corrected chi connectivity index (χ1v) is 7.86. The van der Waals surface area contributed by atoms with Gasteiger partial charge in [-0.05, 0) is 30.5 Å². The van der Waals surface area contributed by atoms with E-state index in [9.17, 15) is 13.2 Å². The standard InChI is InChI=1S/C12H16ClNO4S/c13-11-4-1-3-10(9-11)6-7-14-19(17,18)8-2-5-12(15)16/h1,3-4,9,14H,2,5-8H2,(H,15,16). The maximum Gasteiger partial charge on any atom is 0.303 e. The summed E-state index contributed by atoms with van der Waals surface area (Å²) >= 11 is 5.82. The third kappa shape index (κ3) is 7.15. The summed E-state index contributed by atoms with van der Waals surface area (Å²) < 4.78 is 25.5. The monoisotopic (exact) mass is 305 g/mol. The number of halogens is 1. The highest BCUT2D eigenvalue weighted by atomic mass is 35.5. The van der Waals surface area contributed by atoms with Gasteiger partial charge in [0.15, 0.2) is 0 Å². The van der Waals surface area contributed by atoms with Crippen molar-refractivity contribution in [1.82, 2.24) is 4.72 Å². The number of sulfonamides is 1. The summed E-state index contributed by atoms with van der Waals surface area (Å²) in [6.07, 6.45) is 0.510. The van der Waals surface area contributed by atoms with Crippen molar-refractivity contribution in [2.75, 3.05) is 12.3 Å². The van der Waals surface area contributed by atoms with Crippen LogP contribution in [0.15, 0.2) is 24.3 Å². The van der Waals surface area contributed by atoms with Gasteiger partial charge in [-0.3, -0.25) is 4.79 Å².